The first-order chi connectivity index (χ1) is 10.9. The van der Waals surface area contributed by atoms with Crippen LogP contribution in [0.1, 0.15) is 11.9 Å². The molecule has 6 heteroatoms. The van der Waals surface area contributed by atoms with Gasteiger partial charge in [0.25, 0.3) is 0 Å². The molecule has 0 aliphatic carbocycles. The Labute approximate surface area is 134 Å². The van der Waals surface area contributed by atoms with Gasteiger partial charge < -0.3 is 9.47 Å². The van der Waals surface area contributed by atoms with Crippen molar-refractivity contribution in [1.29, 1.82) is 0 Å². The molecule has 2 aromatic rings. The maximum Gasteiger partial charge on any atom is 0.127 e. The predicted octanol–water partition coefficient (Wildman–Crippen LogP) is 2.55. The number of morpholine rings is 1. The van der Waals surface area contributed by atoms with E-state index in [1.54, 1.807) is 11.3 Å². The van der Waals surface area contributed by atoms with Gasteiger partial charge in [-0.1, -0.05) is 12.1 Å². The first-order valence-corrected chi connectivity index (χ1v) is 8.41. The molecule has 0 amide bonds. The molecule has 1 fully saturated rings. The van der Waals surface area contributed by atoms with E-state index in [1.807, 2.05) is 31.3 Å². The van der Waals surface area contributed by atoms with Crippen LogP contribution in [-0.4, -0.2) is 42.9 Å². The lowest BCUT2D eigenvalue weighted by atomic mass is 10.2. The third-order valence-electron chi connectivity index (χ3n) is 3.47. The lowest BCUT2D eigenvalue weighted by Gasteiger charge is -2.26. The number of rotatable bonds is 6. The number of thiazole rings is 1. The zero-order valence-electron chi connectivity index (χ0n) is 12.7. The Morgan fingerprint density at radius 2 is 2.14 bits per heavy atom. The molecule has 0 unspecified atom stereocenters. The molecule has 0 bridgehead atoms. The lowest BCUT2D eigenvalue weighted by molar-refractivity contribution is 0.0105. The normalized spacial score (nSPS) is 15.9. The minimum atomic E-state index is 0.668. The van der Waals surface area contributed by atoms with E-state index in [1.165, 1.54) is 0 Å². The molecule has 22 heavy (non-hydrogen) atoms. The molecule has 3 rings (SSSR count). The summed E-state index contributed by atoms with van der Waals surface area (Å²) in [6.45, 7) is 6.84. The Hall–Kier alpha value is -1.47. The molecule has 118 valence electrons. The lowest BCUT2D eigenvalue weighted by Crippen LogP contribution is -2.45. The molecule has 1 aliphatic heterocycles. The summed E-state index contributed by atoms with van der Waals surface area (Å²) in [5.74, 6) is 0.918. The van der Waals surface area contributed by atoms with E-state index < -0.39 is 0 Å². The summed E-state index contributed by atoms with van der Waals surface area (Å²) in [5.41, 5.74) is 4.52. The molecule has 2 heterocycles. The molecule has 1 saturated heterocycles. The maximum atomic E-state index is 5.70. The van der Waals surface area contributed by atoms with Crippen molar-refractivity contribution in [3.05, 3.63) is 35.5 Å². The monoisotopic (exact) mass is 319 g/mol. The van der Waals surface area contributed by atoms with Gasteiger partial charge in [0.15, 0.2) is 0 Å². The van der Waals surface area contributed by atoms with Gasteiger partial charge in [0.2, 0.25) is 0 Å². The molecule has 0 saturated carbocycles. The van der Waals surface area contributed by atoms with Crippen molar-refractivity contribution < 1.29 is 9.47 Å². The highest BCUT2D eigenvalue weighted by atomic mass is 32.1. The molecule has 5 nitrogen and oxygen atoms in total. The van der Waals surface area contributed by atoms with Gasteiger partial charge >= 0.3 is 0 Å². The average molecular weight is 319 g/mol. The molecule has 0 atom stereocenters. The van der Waals surface area contributed by atoms with E-state index in [0.717, 1.165) is 54.0 Å². The van der Waals surface area contributed by atoms with Crippen LogP contribution in [-0.2, 0) is 11.3 Å². The zero-order valence-corrected chi connectivity index (χ0v) is 13.6. The van der Waals surface area contributed by atoms with Crippen LogP contribution in [0, 0.1) is 0 Å². The van der Waals surface area contributed by atoms with Gasteiger partial charge in [0.05, 0.1) is 31.2 Å². The zero-order chi connectivity index (χ0) is 15.2. The predicted molar refractivity (Wildman–Crippen MR) is 88.0 cm³/mol. The number of aromatic nitrogens is 1. The number of ether oxygens (including phenoxy) is 2. The summed E-state index contributed by atoms with van der Waals surface area (Å²) in [5, 5.41) is 3.27. The second-order valence-electron chi connectivity index (χ2n) is 4.98. The minimum Gasteiger partial charge on any atom is -0.493 e. The van der Waals surface area contributed by atoms with Gasteiger partial charge in [-0.15, -0.1) is 11.3 Å². The largest absolute Gasteiger partial charge is 0.493 e. The van der Waals surface area contributed by atoms with Crippen molar-refractivity contribution in [1.82, 2.24) is 15.4 Å². The fourth-order valence-electron chi connectivity index (χ4n) is 2.37. The van der Waals surface area contributed by atoms with Gasteiger partial charge in [0.1, 0.15) is 10.8 Å². The molecule has 0 radical (unpaired) electrons. The van der Waals surface area contributed by atoms with E-state index >= 15 is 0 Å². The second kappa shape index (κ2) is 7.69. The average Bonchev–Trinajstić information content (AvgIpc) is 3.04. The first kappa shape index (κ1) is 15.4. The Kier molecular flexibility index (Phi) is 5.39. The molecule has 1 aromatic carbocycles. The summed E-state index contributed by atoms with van der Waals surface area (Å²) >= 11 is 1.70. The van der Waals surface area contributed by atoms with Crippen LogP contribution in [0.3, 0.4) is 0 Å². The number of nitrogens with one attached hydrogen (secondary N) is 1. The number of hydrazine groups is 1. The van der Waals surface area contributed by atoms with Gasteiger partial charge in [-0.2, -0.15) is 0 Å². The second-order valence-corrected chi connectivity index (χ2v) is 6.10. The number of hydrogen-bond acceptors (Lipinski definition) is 6. The van der Waals surface area contributed by atoms with Crippen molar-refractivity contribution >= 4 is 11.3 Å². The Morgan fingerprint density at radius 1 is 1.32 bits per heavy atom. The number of benzene rings is 1. The van der Waals surface area contributed by atoms with Crippen LogP contribution in [0.4, 0.5) is 0 Å². The highest BCUT2D eigenvalue weighted by Crippen LogP contribution is 2.33. The van der Waals surface area contributed by atoms with Crippen LogP contribution < -0.4 is 10.2 Å². The maximum absolute atomic E-state index is 5.70. The highest BCUT2D eigenvalue weighted by Gasteiger charge is 2.12. The Balaban J connectivity index is 1.65. The fourth-order valence-corrected chi connectivity index (χ4v) is 3.25. The number of hydrogen-bond donors (Lipinski definition) is 1. The summed E-state index contributed by atoms with van der Waals surface area (Å²) in [6.07, 6.45) is 1.93. The van der Waals surface area contributed by atoms with E-state index in [0.29, 0.717) is 6.61 Å². The van der Waals surface area contributed by atoms with Crippen molar-refractivity contribution in [2.45, 2.75) is 13.5 Å². The Morgan fingerprint density at radius 3 is 2.95 bits per heavy atom. The molecule has 1 aliphatic rings. The van der Waals surface area contributed by atoms with Crippen LogP contribution >= 0.6 is 11.3 Å². The molecular formula is C16H21N3O2S. The topological polar surface area (TPSA) is 46.6 Å². The highest BCUT2D eigenvalue weighted by molar-refractivity contribution is 7.15. The summed E-state index contributed by atoms with van der Waals surface area (Å²) < 4.78 is 11.0. The van der Waals surface area contributed by atoms with Gasteiger partial charge in [0, 0.05) is 24.8 Å². The van der Waals surface area contributed by atoms with Gasteiger partial charge in [-0.3, -0.25) is 0 Å². The molecule has 1 aromatic heterocycles. The quantitative estimate of drug-likeness (QED) is 0.886. The van der Waals surface area contributed by atoms with Crippen LogP contribution in [0.15, 0.2) is 30.5 Å². The number of para-hydroxylation sites is 1. The molecule has 1 N–H and O–H groups in total. The van der Waals surface area contributed by atoms with E-state index in [2.05, 4.69) is 21.5 Å². The molecule has 0 spiro atoms. The van der Waals surface area contributed by atoms with E-state index in [4.69, 9.17) is 9.47 Å². The van der Waals surface area contributed by atoms with Crippen molar-refractivity contribution in [2.24, 2.45) is 0 Å². The smallest absolute Gasteiger partial charge is 0.127 e. The fraction of sp³-hybridized carbons (Fsp3) is 0.438. The van der Waals surface area contributed by atoms with Gasteiger partial charge in [-0.05, 0) is 19.1 Å². The standard InChI is InChI=1S/C16H21N3O2S/c1-2-21-14-6-4-3-5-13(14)15-11-17-16(22-15)12-18-19-7-9-20-10-8-19/h3-6,11,18H,2,7-10,12H2,1H3. The molecular weight excluding hydrogens is 298 g/mol. The third-order valence-corrected chi connectivity index (χ3v) is 4.50. The number of nitrogens with zero attached hydrogens (tertiary/aromatic N) is 2. The van der Waals surface area contributed by atoms with Crippen LogP contribution in [0.25, 0.3) is 10.4 Å². The Bertz CT molecular complexity index is 597. The summed E-state index contributed by atoms with van der Waals surface area (Å²) in [7, 11) is 0. The minimum absolute atomic E-state index is 0.668. The van der Waals surface area contributed by atoms with E-state index in [-0.39, 0.29) is 0 Å². The van der Waals surface area contributed by atoms with Crippen molar-refractivity contribution in [3.63, 3.8) is 0 Å². The SMILES string of the molecule is CCOc1ccccc1-c1cnc(CNN2CCOCC2)s1. The van der Waals surface area contributed by atoms with Gasteiger partial charge in [-0.25, -0.2) is 15.4 Å². The third kappa shape index (κ3) is 3.84. The summed E-state index contributed by atoms with van der Waals surface area (Å²) in [4.78, 5) is 5.66. The van der Waals surface area contributed by atoms with Crippen molar-refractivity contribution in [3.8, 4) is 16.2 Å². The van der Waals surface area contributed by atoms with Crippen molar-refractivity contribution in [2.75, 3.05) is 32.9 Å². The van der Waals surface area contributed by atoms with Crippen LogP contribution in [0.2, 0.25) is 0 Å². The first-order valence-electron chi connectivity index (χ1n) is 7.60. The van der Waals surface area contributed by atoms with Crippen LogP contribution in [0.5, 0.6) is 5.75 Å². The van der Waals surface area contributed by atoms with E-state index in [9.17, 15) is 0 Å². The summed E-state index contributed by atoms with van der Waals surface area (Å²) in [6, 6.07) is 8.11.